The number of fused-ring (bicyclic) bond motifs is 1. The second-order valence-corrected chi connectivity index (χ2v) is 3.45. The van der Waals surface area contributed by atoms with E-state index in [-0.39, 0.29) is 5.91 Å². The molecule has 0 unspecified atom stereocenters. The summed E-state index contributed by atoms with van der Waals surface area (Å²) < 4.78 is 1.78. The maximum Gasteiger partial charge on any atom is 0.243 e. The van der Waals surface area contributed by atoms with E-state index in [1.54, 1.807) is 4.68 Å². The monoisotopic (exact) mass is 194 g/mol. The Labute approximate surface area is 82.5 Å². The molecule has 14 heavy (non-hydrogen) atoms. The third-order valence-electron chi connectivity index (χ3n) is 2.29. The number of anilines is 2. The maximum absolute atomic E-state index is 11.2. The molecule has 5 heteroatoms. The average Bonchev–Trinajstić information content (AvgIpc) is 2.44. The van der Waals surface area contributed by atoms with Gasteiger partial charge in [0.15, 0.2) is 0 Å². The topological polar surface area (TPSA) is 59.0 Å². The molecule has 5 nitrogen and oxygen atoms in total. The summed E-state index contributed by atoms with van der Waals surface area (Å²) in [4.78, 5) is 11.2. The number of aryl methyl sites for hydroxylation is 2. The molecule has 2 heterocycles. The van der Waals surface area contributed by atoms with Crippen LogP contribution in [0.2, 0.25) is 0 Å². The van der Waals surface area contributed by atoms with Gasteiger partial charge in [0, 0.05) is 7.05 Å². The average molecular weight is 194 g/mol. The molecule has 0 saturated carbocycles. The summed E-state index contributed by atoms with van der Waals surface area (Å²) in [5.74, 6) is 0.913. The van der Waals surface area contributed by atoms with E-state index in [9.17, 15) is 4.79 Å². The normalized spacial score (nSPS) is 14.6. The third kappa shape index (κ3) is 1.34. The van der Waals surface area contributed by atoms with E-state index in [1.165, 1.54) is 0 Å². The minimum Gasteiger partial charge on any atom is -0.359 e. The highest BCUT2D eigenvalue weighted by molar-refractivity contribution is 6.00. The SMILES string of the molecule is CCCc1nn(C)c2c1NC(=O)CN2. The quantitative estimate of drug-likeness (QED) is 0.730. The van der Waals surface area contributed by atoms with Crippen molar-refractivity contribution in [2.75, 3.05) is 17.2 Å². The summed E-state index contributed by atoms with van der Waals surface area (Å²) in [7, 11) is 1.88. The van der Waals surface area contributed by atoms with Crippen molar-refractivity contribution in [1.29, 1.82) is 0 Å². The van der Waals surface area contributed by atoms with Gasteiger partial charge in [-0.1, -0.05) is 13.3 Å². The minimum atomic E-state index is 0.00264. The largest absolute Gasteiger partial charge is 0.359 e. The van der Waals surface area contributed by atoms with Gasteiger partial charge in [-0.3, -0.25) is 9.48 Å². The van der Waals surface area contributed by atoms with Gasteiger partial charge in [-0.15, -0.1) is 0 Å². The van der Waals surface area contributed by atoms with Gasteiger partial charge in [0.2, 0.25) is 5.91 Å². The van der Waals surface area contributed by atoms with Crippen LogP contribution >= 0.6 is 0 Å². The molecule has 0 fully saturated rings. The van der Waals surface area contributed by atoms with Crippen LogP contribution in [0.4, 0.5) is 11.5 Å². The van der Waals surface area contributed by atoms with E-state index in [0.29, 0.717) is 6.54 Å². The van der Waals surface area contributed by atoms with Crippen molar-refractivity contribution in [3.8, 4) is 0 Å². The van der Waals surface area contributed by atoms with Gasteiger partial charge >= 0.3 is 0 Å². The summed E-state index contributed by atoms with van der Waals surface area (Å²) >= 11 is 0. The van der Waals surface area contributed by atoms with Crippen LogP contribution in [-0.2, 0) is 18.3 Å². The summed E-state index contributed by atoms with van der Waals surface area (Å²) in [6.45, 7) is 2.43. The molecule has 1 aliphatic heterocycles. The maximum atomic E-state index is 11.2. The molecule has 2 rings (SSSR count). The standard InChI is InChI=1S/C9H14N4O/c1-3-4-6-8-9(13(2)12-6)10-5-7(14)11-8/h10H,3-5H2,1-2H3,(H,11,14). The third-order valence-corrected chi connectivity index (χ3v) is 2.29. The van der Waals surface area contributed by atoms with Gasteiger partial charge in [0.05, 0.1) is 12.2 Å². The van der Waals surface area contributed by atoms with Crippen LogP contribution in [0.25, 0.3) is 0 Å². The number of carbonyl (C=O) groups is 1. The van der Waals surface area contributed by atoms with Crippen LogP contribution in [0.5, 0.6) is 0 Å². The van der Waals surface area contributed by atoms with Gasteiger partial charge in [-0.05, 0) is 6.42 Å². The smallest absolute Gasteiger partial charge is 0.243 e. The molecule has 0 atom stereocenters. The molecular weight excluding hydrogens is 180 g/mol. The van der Waals surface area contributed by atoms with E-state index in [2.05, 4.69) is 22.7 Å². The van der Waals surface area contributed by atoms with Crippen LogP contribution < -0.4 is 10.6 Å². The molecule has 0 aliphatic carbocycles. The summed E-state index contributed by atoms with van der Waals surface area (Å²) in [6.07, 6.45) is 1.92. The zero-order valence-corrected chi connectivity index (χ0v) is 8.42. The predicted molar refractivity (Wildman–Crippen MR) is 54.3 cm³/mol. The van der Waals surface area contributed by atoms with Crippen molar-refractivity contribution in [3.63, 3.8) is 0 Å². The summed E-state index contributed by atoms with van der Waals surface area (Å²) in [5.41, 5.74) is 1.82. The molecule has 0 aromatic carbocycles. The first kappa shape index (κ1) is 9.05. The highest BCUT2D eigenvalue weighted by Gasteiger charge is 2.21. The van der Waals surface area contributed by atoms with Crippen LogP contribution in [-0.4, -0.2) is 22.2 Å². The van der Waals surface area contributed by atoms with Crippen molar-refractivity contribution in [1.82, 2.24) is 9.78 Å². The lowest BCUT2D eigenvalue weighted by molar-refractivity contribution is -0.114. The first-order valence-electron chi connectivity index (χ1n) is 4.82. The summed E-state index contributed by atoms with van der Waals surface area (Å²) in [6, 6.07) is 0. The van der Waals surface area contributed by atoms with Crippen LogP contribution in [0.15, 0.2) is 0 Å². The van der Waals surface area contributed by atoms with Crippen molar-refractivity contribution in [3.05, 3.63) is 5.69 Å². The van der Waals surface area contributed by atoms with E-state index in [4.69, 9.17) is 0 Å². The first-order valence-corrected chi connectivity index (χ1v) is 4.82. The molecule has 1 aromatic heterocycles. The molecule has 1 aliphatic rings. The zero-order chi connectivity index (χ0) is 10.1. The van der Waals surface area contributed by atoms with Gasteiger partial charge in [-0.25, -0.2) is 0 Å². The number of aromatic nitrogens is 2. The number of nitrogens with one attached hydrogen (secondary N) is 2. The van der Waals surface area contributed by atoms with Crippen molar-refractivity contribution < 1.29 is 4.79 Å². The van der Waals surface area contributed by atoms with E-state index in [1.807, 2.05) is 7.05 Å². The highest BCUT2D eigenvalue weighted by atomic mass is 16.2. The number of hydrogen-bond donors (Lipinski definition) is 2. The van der Waals surface area contributed by atoms with E-state index in [0.717, 1.165) is 30.0 Å². The molecule has 76 valence electrons. The molecule has 0 radical (unpaired) electrons. The molecule has 0 bridgehead atoms. The lowest BCUT2D eigenvalue weighted by Crippen LogP contribution is -2.28. The molecule has 1 aromatic rings. The Hall–Kier alpha value is -1.52. The first-order chi connectivity index (χ1) is 6.72. The second-order valence-electron chi connectivity index (χ2n) is 3.45. The Bertz CT molecular complexity index is 369. The lowest BCUT2D eigenvalue weighted by Gasteiger charge is -2.15. The number of carbonyl (C=O) groups excluding carboxylic acids is 1. The number of hydrogen-bond acceptors (Lipinski definition) is 3. The Morgan fingerprint density at radius 1 is 1.57 bits per heavy atom. The number of nitrogens with zero attached hydrogens (tertiary/aromatic N) is 2. The Balaban J connectivity index is 2.39. The van der Waals surface area contributed by atoms with E-state index >= 15 is 0 Å². The number of rotatable bonds is 2. The molecule has 0 saturated heterocycles. The summed E-state index contributed by atoms with van der Waals surface area (Å²) in [5, 5.41) is 10.3. The van der Waals surface area contributed by atoms with Gasteiger partial charge in [0.1, 0.15) is 11.5 Å². The van der Waals surface area contributed by atoms with Crippen molar-refractivity contribution in [2.45, 2.75) is 19.8 Å². The fourth-order valence-electron chi connectivity index (χ4n) is 1.67. The minimum absolute atomic E-state index is 0.00264. The number of amides is 1. The van der Waals surface area contributed by atoms with Gasteiger partial charge in [0.25, 0.3) is 0 Å². The molecular formula is C9H14N4O. The Kier molecular flexibility index (Phi) is 2.15. The van der Waals surface area contributed by atoms with Gasteiger partial charge in [-0.2, -0.15) is 5.10 Å². The fourth-order valence-corrected chi connectivity index (χ4v) is 1.67. The lowest BCUT2D eigenvalue weighted by atomic mass is 10.2. The van der Waals surface area contributed by atoms with E-state index < -0.39 is 0 Å². The van der Waals surface area contributed by atoms with Crippen molar-refractivity contribution in [2.24, 2.45) is 7.05 Å². The van der Waals surface area contributed by atoms with Gasteiger partial charge < -0.3 is 10.6 Å². The highest BCUT2D eigenvalue weighted by Crippen LogP contribution is 2.28. The zero-order valence-electron chi connectivity index (χ0n) is 8.42. The van der Waals surface area contributed by atoms with Crippen LogP contribution in [0.1, 0.15) is 19.0 Å². The van der Waals surface area contributed by atoms with Crippen LogP contribution in [0, 0.1) is 0 Å². The van der Waals surface area contributed by atoms with Crippen molar-refractivity contribution >= 4 is 17.4 Å². The molecule has 0 spiro atoms. The second kappa shape index (κ2) is 3.32. The predicted octanol–water partition coefficient (Wildman–Crippen LogP) is 0.737. The Morgan fingerprint density at radius 2 is 2.36 bits per heavy atom. The fraction of sp³-hybridized carbons (Fsp3) is 0.556. The molecule has 1 amide bonds. The van der Waals surface area contributed by atoms with Crippen LogP contribution in [0.3, 0.4) is 0 Å². The molecule has 2 N–H and O–H groups in total. The Morgan fingerprint density at radius 3 is 3.07 bits per heavy atom.